The van der Waals surface area contributed by atoms with Crippen molar-refractivity contribution in [2.24, 2.45) is 0 Å². The van der Waals surface area contributed by atoms with E-state index >= 15 is 0 Å². The predicted molar refractivity (Wildman–Crippen MR) is 85.7 cm³/mol. The molecule has 20 heavy (non-hydrogen) atoms. The molecule has 0 bridgehead atoms. The van der Waals surface area contributed by atoms with E-state index in [1.807, 2.05) is 19.1 Å². The molecular formula is C19H16O. The Balaban J connectivity index is 1.93. The molecule has 0 radical (unpaired) electrons. The lowest BCUT2D eigenvalue weighted by Crippen LogP contribution is -1.78. The van der Waals surface area contributed by atoms with Gasteiger partial charge in [0.2, 0.25) is 0 Å². The lowest BCUT2D eigenvalue weighted by Gasteiger charge is -2.01. The Kier molecular flexibility index (Phi) is 3.26. The number of phenolic OH excluding ortho intramolecular Hbond substituents is 1. The molecule has 0 aromatic heterocycles. The van der Waals surface area contributed by atoms with E-state index in [0.717, 1.165) is 16.7 Å². The summed E-state index contributed by atoms with van der Waals surface area (Å²) in [7, 11) is 0. The minimum absolute atomic E-state index is 0.308. The van der Waals surface area contributed by atoms with Crippen LogP contribution in [0.25, 0.3) is 22.9 Å². The molecule has 0 heterocycles. The highest BCUT2D eigenvalue weighted by atomic mass is 16.3. The monoisotopic (exact) mass is 260 g/mol. The van der Waals surface area contributed by atoms with Crippen molar-refractivity contribution in [3.8, 4) is 5.75 Å². The number of hydrogen-bond donors (Lipinski definition) is 1. The summed E-state index contributed by atoms with van der Waals surface area (Å²) in [5, 5.41) is 12.1. The number of phenols is 1. The zero-order valence-electron chi connectivity index (χ0n) is 11.4. The van der Waals surface area contributed by atoms with Crippen LogP contribution in [0.1, 0.15) is 16.7 Å². The van der Waals surface area contributed by atoms with Crippen LogP contribution in [0.4, 0.5) is 0 Å². The third-order valence-electron chi connectivity index (χ3n) is 3.33. The van der Waals surface area contributed by atoms with Gasteiger partial charge in [-0.15, -0.1) is 0 Å². The fourth-order valence-corrected chi connectivity index (χ4v) is 2.39. The zero-order chi connectivity index (χ0) is 13.9. The average molecular weight is 260 g/mol. The van der Waals surface area contributed by atoms with Gasteiger partial charge in [-0.2, -0.15) is 0 Å². The van der Waals surface area contributed by atoms with E-state index in [4.69, 9.17) is 0 Å². The molecule has 0 spiro atoms. The van der Waals surface area contributed by atoms with Gasteiger partial charge in [-0.3, -0.25) is 0 Å². The van der Waals surface area contributed by atoms with Crippen LogP contribution >= 0.6 is 0 Å². The third-order valence-corrected chi connectivity index (χ3v) is 3.33. The van der Waals surface area contributed by atoms with Crippen molar-refractivity contribution in [3.63, 3.8) is 0 Å². The van der Waals surface area contributed by atoms with Gasteiger partial charge in [0.25, 0.3) is 0 Å². The molecule has 1 heteroatoms. The Bertz CT molecular complexity index is 764. The Morgan fingerprint density at radius 1 is 0.750 bits per heavy atom. The molecule has 3 rings (SSSR count). The molecule has 3 aromatic carbocycles. The molecule has 0 saturated heterocycles. The molecular weight excluding hydrogens is 244 g/mol. The van der Waals surface area contributed by atoms with Crippen LogP contribution in [0.15, 0.2) is 60.7 Å². The molecule has 0 amide bonds. The van der Waals surface area contributed by atoms with Gasteiger partial charge in [0.15, 0.2) is 0 Å². The van der Waals surface area contributed by atoms with Gasteiger partial charge in [0.1, 0.15) is 5.75 Å². The molecule has 3 aromatic rings. The van der Waals surface area contributed by atoms with E-state index in [9.17, 15) is 5.11 Å². The van der Waals surface area contributed by atoms with Crippen molar-refractivity contribution in [1.29, 1.82) is 0 Å². The largest absolute Gasteiger partial charge is 0.508 e. The van der Waals surface area contributed by atoms with E-state index in [2.05, 4.69) is 48.5 Å². The number of aryl methyl sites for hydroxylation is 1. The molecule has 98 valence electrons. The molecule has 0 aliphatic carbocycles. The van der Waals surface area contributed by atoms with Crippen molar-refractivity contribution < 1.29 is 5.11 Å². The number of rotatable bonds is 2. The summed E-state index contributed by atoms with van der Waals surface area (Å²) in [6.07, 6.45) is 4.09. The van der Waals surface area contributed by atoms with E-state index < -0.39 is 0 Å². The van der Waals surface area contributed by atoms with Crippen molar-refractivity contribution in [2.45, 2.75) is 6.92 Å². The van der Waals surface area contributed by atoms with Gasteiger partial charge in [-0.1, -0.05) is 54.6 Å². The molecule has 1 N–H and O–H groups in total. The quantitative estimate of drug-likeness (QED) is 0.641. The summed E-state index contributed by atoms with van der Waals surface area (Å²) in [6.45, 7) is 1.98. The molecule has 0 fully saturated rings. The molecule has 0 aliphatic heterocycles. The average Bonchev–Trinajstić information content (AvgIpc) is 2.44. The van der Waals surface area contributed by atoms with Crippen molar-refractivity contribution in [1.82, 2.24) is 0 Å². The number of aromatic hydroxyl groups is 1. The van der Waals surface area contributed by atoms with Crippen molar-refractivity contribution >= 4 is 22.9 Å². The van der Waals surface area contributed by atoms with Gasteiger partial charge in [0.05, 0.1) is 0 Å². The smallest absolute Gasteiger partial charge is 0.116 e. The first-order valence-electron chi connectivity index (χ1n) is 6.68. The van der Waals surface area contributed by atoms with E-state index in [1.165, 1.54) is 10.8 Å². The van der Waals surface area contributed by atoms with Gasteiger partial charge in [-0.05, 0) is 52.6 Å². The van der Waals surface area contributed by atoms with E-state index in [0.29, 0.717) is 5.75 Å². The first-order chi connectivity index (χ1) is 9.70. The Hall–Kier alpha value is -2.54. The lowest BCUT2D eigenvalue weighted by atomic mass is 10.1. The van der Waals surface area contributed by atoms with Gasteiger partial charge in [0, 0.05) is 0 Å². The van der Waals surface area contributed by atoms with Crippen molar-refractivity contribution in [2.75, 3.05) is 0 Å². The molecule has 1 nitrogen and oxygen atoms in total. The highest BCUT2D eigenvalue weighted by Crippen LogP contribution is 2.19. The molecule has 0 unspecified atom stereocenters. The van der Waals surface area contributed by atoms with Crippen LogP contribution in [0.5, 0.6) is 5.75 Å². The fourth-order valence-electron chi connectivity index (χ4n) is 2.39. The number of benzene rings is 3. The maximum absolute atomic E-state index is 9.60. The minimum atomic E-state index is 0.308. The third kappa shape index (κ3) is 2.72. The Labute approximate surface area is 118 Å². The maximum atomic E-state index is 9.60. The molecule has 0 aliphatic rings. The predicted octanol–water partition coefficient (Wildman–Crippen LogP) is 5.02. The maximum Gasteiger partial charge on any atom is 0.116 e. The normalized spacial score (nSPS) is 11.2. The molecule has 0 saturated carbocycles. The van der Waals surface area contributed by atoms with Gasteiger partial charge >= 0.3 is 0 Å². The molecule has 0 atom stereocenters. The second-order valence-corrected chi connectivity index (χ2v) is 5.04. The lowest BCUT2D eigenvalue weighted by molar-refractivity contribution is 0.475. The summed E-state index contributed by atoms with van der Waals surface area (Å²) in [5.41, 5.74) is 3.23. The second kappa shape index (κ2) is 5.22. The van der Waals surface area contributed by atoms with E-state index in [-0.39, 0.29) is 0 Å². The number of fused-ring (bicyclic) bond motifs is 1. The van der Waals surface area contributed by atoms with Crippen LogP contribution in [0, 0.1) is 6.92 Å². The van der Waals surface area contributed by atoms with E-state index in [1.54, 1.807) is 12.1 Å². The second-order valence-electron chi connectivity index (χ2n) is 5.04. The standard InChI is InChI=1S/C19H16O/c1-14-10-16(13-19(20)11-14)7-6-15-8-9-17-4-2-3-5-18(17)12-15/h2-13,20H,1H3/b7-6+. The summed E-state index contributed by atoms with van der Waals surface area (Å²) in [6, 6.07) is 20.3. The summed E-state index contributed by atoms with van der Waals surface area (Å²) in [4.78, 5) is 0. The zero-order valence-corrected chi connectivity index (χ0v) is 11.4. The van der Waals surface area contributed by atoms with Crippen LogP contribution in [-0.4, -0.2) is 5.11 Å². The SMILES string of the molecule is Cc1cc(O)cc(/C=C/c2ccc3ccccc3c2)c1. The fraction of sp³-hybridized carbons (Fsp3) is 0.0526. The minimum Gasteiger partial charge on any atom is -0.508 e. The van der Waals surface area contributed by atoms with Crippen LogP contribution in [0.3, 0.4) is 0 Å². The Morgan fingerprint density at radius 3 is 2.30 bits per heavy atom. The highest BCUT2D eigenvalue weighted by molar-refractivity contribution is 5.86. The van der Waals surface area contributed by atoms with Crippen LogP contribution in [-0.2, 0) is 0 Å². The topological polar surface area (TPSA) is 20.2 Å². The first kappa shape index (κ1) is 12.5. The highest BCUT2D eigenvalue weighted by Gasteiger charge is 1.95. The number of hydrogen-bond acceptors (Lipinski definition) is 1. The summed E-state index contributed by atoms with van der Waals surface area (Å²) < 4.78 is 0. The summed E-state index contributed by atoms with van der Waals surface area (Å²) in [5.74, 6) is 0.308. The van der Waals surface area contributed by atoms with Gasteiger partial charge in [-0.25, -0.2) is 0 Å². The van der Waals surface area contributed by atoms with Gasteiger partial charge < -0.3 is 5.11 Å². The summed E-state index contributed by atoms with van der Waals surface area (Å²) >= 11 is 0. The Morgan fingerprint density at radius 2 is 1.50 bits per heavy atom. The van der Waals surface area contributed by atoms with Crippen LogP contribution in [0.2, 0.25) is 0 Å². The van der Waals surface area contributed by atoms with Crippen molar-refractivity contribution in [3.05, 3.63) is 77.4 Å². The first-order valence-corrected chi connectivity index (χ1v) is 6.68. The van der Waals surface area contributed by atoms with Crippen LogP contribution < -0.4 is 0 Å².